The zero-order valence-corrected chi connectivity index (χ0v) is 11.5. The number of urea groups is 1. The van der Waals surface area contributed by atoms with Crippen LogP contribution in [0, 0.1) is 0 Å². The molecule has 7 heteroatoms. The van der Waals surface area contributed by atoms with E-state index in [1.54, 1.807) is 18.2 Å². The molecule has 1 aromatic rings. The summed E-state index contributed by atoms with van der Waals surface area (Å²) in [4.78, 5) is 34.0. The summed E-state index contributed by atoms with van der Waals surface area (Å²) in [7, 11) is 0. The molecular formula is C12H12BrN3O3. The highest BCUT2D eigenvalue weighted by Gasteiger charge is 2.28. The fraction of sp³-hybridized carbons (Fsp3) is 0.250. The maximum atomic E-state index is 11.9. The Morgan fingerprint density at radius 2 is 2.05 bits per heavy atom. The van der Waals surface area contributed by atoms with E-state index >= 15 is 0 Å². The van der Waals surface area contributed by atoms with Gasteiger partial charge in [0.15, 0.2) is 0 Å². The summed E-state index contributed by atoms with van der Waals surface area (Å²) in [6.45, 7) is 0.304. The molecule has 6 nitrogen and oxygen atoms in total. The fourth-order valence-electron chi connectivity index (χ4n) is 1.73. The molecule has 0 saturated carbocycles. The molecular weight excluding hydrogens is 314 g/mol. The molecule has 4 amide bonds. The molecule has 0 aromatic heterocycles. The third-order valence-corrected chi connectivity index (χ3v) is 3.39. The minimum Gasteiger partial charge on any atom is -0.352 e. The lowest BCUT2D eigenvalue weighted by Gasteiger charge is -2.09. The third-order valence-electron chi connectivity index (χ3n) is 2.70. The molecule has 19 heavy (non-hydrogen) atoms. The quantitative estimate of drug-likeness (QED) is 0.715. The van der Waals surface area contributed by atoms with Crippen LogP contribution >= 0.6 is 15.9 Å². The SMILES string of the molecule is O=C1NC(=O)C(CCNC(=O)c2ccccc2Br)N1. The number of nitrogens with one attached hydrogen (secondary N) is 3. The Balaban J connectivity index is 1.83. The van der Waals surface area contributed by atoms with Crippen LogP contribution in [0.1, 0.15) is 16.8 Å². The van der Waals surface area contributed by atoms with Gasteiger partial charge in [0, 0.05) is 11.0 Å². The van der Waals surface area contributed by atoms with E-state index in [-0.39, 0.29) is 11.8 Å². The van der Waals surface area contributed by atoms with Crippen LogP contribution in [0.4, 0.5) is 4.79 Å². The van der Waals surface area contributed by atoms with Crippen molar-refractivity contribution in [2.75, 3.05) is 6.54 Å². The van der Waals surface area contributed by atoms with E-state index < -0.39 is 12.1 Å². The average Bonchev–Trinajstić information content (AvgIpc) is 2.68. The zero-order chi connectivity index (χ0) is 13.8. The Bertz CT molecular complexity index is 533. The molecule has 1 saturated heterocycles. The minimum absolute atomic E-state index is 0.225. The minimum atomic E-state index is -0.577. The van der Waals surface area contributed by atoms with Crippen molar-refractivity contribution in [3.63, 3.8) is 0 Å². The third kappa shape index (κ3) is 3.31. The highest BCUT2D eigenvalue weighted by atomic mass is 79.9. The number of amides is 4. The molecule has 3 N–H and O–H groups in total. The Hall–Kier alpha value is -1.89. The lowest BCUT2D eigenvalue weighted by atomic mass is 10.2. The molecule has 0 aliphatic carbocycles. The van der Waals surface area contributed by atoms with Crippen LogP contribution < -0.4 is 16.0 Å². The normalized spacial score (nSPS) is 17.8. The maximum Gasteiger partial charge on any atom is 0.322 e. The Morgan fingerprint density at radius 3 is 2.68 bits per heavy atom. The van der Waals surface area contributed by atoms with Gasteiger partial charge in [-0.1, -0.05) is 12.1 Å². The summed E-state index contributed by atoms with van der Waals surface area (Å²) in [5.74, 6) is -0.586. The van der Waals surface area contributed by atoms with Gasteiger partial charge in [-0.2, -0.15) is 0 Å². The number of imide groups is 1. The number of hydrogen-bond acceptors (Lipinski definition) is 3. The number of rotatable bonds is 4. The Kier molecular flexibility index (Phi) is 4.16. The first-order chi connectivity index (χ1) is 9.08. The summed E-state index contributed by atoms with van der Waals surface area (Å²) in [6, 6.07) is 5.99. The lowest BCUT2D eigenvalue weighted by molar-refractivity contribution is -0.120. The molecule has 1 unspecified atom stereocenters. The van der Waals surface area contributed by atoms with Crippen LogP contribution in [0.2, 0.25) is 0 Å². The van der Waals surface area contributed by atoms with Crippen molar-refractivity contribution in [2.45, 2.75) is 12.5 Å². The van der Waals surface area contributed by atoms with Crippen molar-refractivity contribution in [2.24, 2.45) is 0 Å². The van der Waals surface area contributed by atoms with Crippen molar-refractivity contribution < 1.29 is 14.4 Å². The van der Waals surface area contributed by atoms with Crippen molar-refractivity contribution in [1.82, 2.24) is 16.0 Å². The predicted octanol–water partition coefficient (Wildman–Crippen LogP) is 0.777. The van der Waals surface area contributed by atoms with E-state index in [2.05, 4.69) is 31.9 Å². The van der Waals surface area contributed by atoms with Gasteiger partial charge in [-0.25, -0.2) is 4.79 Å². The van der Waals surface area contributed by atoms with Crippen molar-refractivity contribution in [3.05, 3.63) is 34.3 Å². The molecule has 0 bridgehead atoms. The fourth-order valence-corrected chi connectivity index (χ4v) is 2.20. The van der Waals surface area contributed by atoms with Gasteiger partial charge >= 0.3 is 6.03 Å². The molecule has 1 aromatic carbocycles. The van der Waals surface area contributed by atoms with Crippen molar-refractivity contribution >= 4 is 33.8 Å². The molecule has 1 atom stereocenters. The Morgan fingerprint density at radius 1 is 1.32 bits per heavy atom. The number of hydrogen-bond donors (Lipinski definition) is 3. The van der Waals surface area contributed by atoms with Crippen molar-refractivity contribution in [3.8, 4) is 0 Å². The van der Waals surface area contributed by atoms with E-state index in [0.29, 0.717) is 23.0 Å². The molecule has 1 heterocycles. The molecule has 1 aliphatic rings. The van der Waals surface area contributed by atoms with Gasteiger partial charge < -0.3 is 10.6 Å². The van der Waals surface area contributed by atoms with Gasteiger partial charge in [0.2, 0.25) is 0 Å². The van der Waals surface area contributed by atoms with E-state index in [1.807, 2.05) is 6.07 Å². The second kappa shape index (κ2) is 5.83. The van der Waals surface area contributed by atoms with Gasteiger partial charge in [0.1, 0.15) is 6.04 Å². The smallest absolute Gasteiger partial charge is 0.322 e. The summed E-state index contributed by atoms with van der Waals surface area (Å²) in [5, 5.41) is 7.31. The summed E-state index contributed by atoms with van der Waals surface area (Å²) in [5.41, 5.74) is 0.530. The molecule has 1 fully saturated rings. The van der Waals surface area contributed by atoms with Crippen LogP contribution in [0.3, 0.4) is 0 Å². The van der Waals surface area contributed by atoms with Gasteiger partial charge in [0.25, 0.3) is 11.8 Å². The molecule has 100 valence electrons. The number of halogens is 1. The highest BCUT2D eigenvalue weighted by Crippen LogP contribution is 2.15. The molecule has 1 aliphatic heterocycles. The van der Waals surface area contributed by atoms with Crippen molar-refractivity contribution in [1.29, 1.82) is 0 Å². The van der Waals surface area contributed by atoms with Crippen LogP contribution in [0.5, 0.6) is 0 Å². The average molecular weight is 326 g/mol. The van der Waals surface area contributed by atoms with Gasteiger partial charge in [-0.3, -0.25) is 14.9 Å². The number of carbonyl (C=O) groups excluding carboxylic acids is 3. The first kappa shape index (κ1) is 13.5. The van der Waals surface area contributed by atoms with Gasteiger partial charge in [0.05, 0.1) is 5.56 Å². The number of carbonyl (C=O) groups is 3. The van der Waals surface area contributed by atoms with Gasteiger partial charge in [-0.05, 0) is 34.5 Å². The largest absolute Gasteiger partial charge is 0.352 e. The van der Waals surface area contributed by atoms with Crippen LogP contribution in [-0.4, -0.2) is 30.4 Å². The second-order valence-corrected chi connectivity index (χ2v) is 4.89. The summed E-state index contributed by atoms with van der Waals surface area (Å²) >= 11 is 3.29. The summed E-state index contributed by atoms with van der Waals surface area (Å²) < 4.78 is 0.708. The van der Waals surface area contributed by atoms with Crippen LogP contribution in [-0.2, 0) is 4.79 Å². The molecule has 2 rings (SSSR count). The Labute approximate surface area is 118 Å². The van der Waals surface area contributed by atoms with Gasteiger partial charge in [-0.15, -0.1) is 0 Å². The summed E-state index contributed by atoms with van der Waals surface area (Å²) in [6.07, 6.45) is 0.355. The monoisotopic (exact) mass is 325 g/mol. The van der Waals surface area contributed by atoms with Crippen LogP contribution in [0.25, 0.3) is 0 Å². The standard InChI is InChI=1S/C12H12BrN3O3/c13-8-4-2-1-3-7(8)10(17)14-6-5-9-11(18)16-12(19)15-9/h1-4,9H,5-6H2,(H,14,17)(H2,15,16,18,19). The molecule has 0 radical (unpaired) electrons. The highest BCUT2D eigenvalue weighted by molar-refractivity contribution is 9.10. The van der Waals surface area contributed by atoms with E-state index in [4.69, 9.17) is 0 Å². The predicted molar refractivity (Wildman–Crippen MR) is 71.6 cm³/mol. The first-order valence-corrected chi connectivity index (χ1v) is 6.51. The molecule has 0 spiro atoms. The topological polar surface area (TPSA) is 87.3 Å². The number of benzene rings is 1. The maximum absolute atomic E-state index is 11.9. The van der Waals surface area contributed by atoms with E-state index in [1.165, 1.54) is 0 Å². The first-order valence-electron chi connectivity index (χ1n) is 5.72. The van der Waals surface area contributed by atoms with Crippen LogP contribution in [0.15, 0.2) is 28.7 Å². The lowest BCUT2D eigenvalue weighted by Crippen LogP contribution is -2.34. The zero-order valence-electron chi connectivity index (χ0n) is 9.90. The second-order valence-electron chi connectivity index (χ2n) is 4.04. The van der Waals surface area contributed by atoms with E-state index in [9.17, 15) is 14.4 Å². The van der Waals surface area contributed by atoms with E-state index in [0.717, 1.165) is 0 Å².